The van der Waals surface area contributed by atoms with Crippen LogP contribution in [0.2, 0.25) is 0 Å². The van der Waals surface area contributed by atoms with Crippen molar-refractivity contribution in [2.45, 2.75) is 71.1 Å². The van der Waals surface area contributed by atoms with Gasteiger partial charge in [-0.3, -0.25) is 4.79 Å². The molecule has 0 aromatic rings. The Balaban J connectivity index is 3.05. The van der Waals surface area contributed by atoms with Crippen LogP contribution < -0.4 is 0 Å². The maximum absolute atomic E-state index is 10.2. The van der Waals surface area contributed by atoms with Crippen molar-refractivity contribution < 1.29 is 9.90 Å². The van der Waals surface area contributed by atoms with E-state index >= 15 is 0 Å². The summed E-state index contributed by atoms with van der Waals surface area (Å²) >= 11 is 0. The molecule has 0 heterocycles. The van der Waals surface area contributed by atoms with E-state index in [1.165, 1.54) is 32.1 Å². The van der Waals surface area contributed by atoms with E-state index in [0.717, 1.165) is 25.7 Å². The van der Waals surface area contributed by atoms with Crippen molar-refractivity contribution >= 4 is 5.97 Å². The topological polar surface area (TPSA) is 37.3 Å². The molecular formula is C14H26O2. The molecule has 0 unspecified atom stereocenters. The zero-order valence-electron chi connectivity index (χ0n) is 10.6. The van der Waals surface area contributed by atoms with Crippen LogP contribution in [0.3, 0.4) is 0 Å². The van der Waals surface area contributed by atoms with Crippen LogP contribution in [0.5, 0.6) is 0 Å². The first kappa shape index (κ1) is 15.2. The number of hydrogen-bond donors (Lipinski definition) is 1. The minimum absolute atomic E-state index is 0.326. The van der Waals surface area contributed by atoms with Crippen LogP contribution in [-0.2, 0) is 4.79 Å². The van der Waals surface area contributed by atoms with Crippen molar-refractivity contribution in [3.8, 4) is 0 Å². The zero-order valence-corrected chi connectivity index (χ0v) is 10.6. The van der Waals surface area contributed by atoms with Crippen molar-refractivity contribution in [1.29, 1.82) is 0 Å². The Morgan fingerprint density at radius 1 is 0.938 bits per heavy atom. The molecule has 0 rings (SSSR count). The Morgan fingerprint density at radius 2 is 1.50 bits per heavy atom. The molecule has 94 valence electrons. The first-order chi connectivity index (χ1) is 7.77. The highest BCUT2D eigenvalue weighted by Crippen LogP contribution is 2.07. The van der Waals surface area contributed by atoms with Crippen LogP contribution in [0, 0.1) is 0 Å². The molecule has 0 aliphatic heterocycles. The number of hydrogen-bond acceptors (Lipinski definition) is 1. The minimum Gasteiger partial charge on any atom is -0.481 e. The first-order valence-electron chi connectivity index (χ1n) is 6.64. The van der Waals surface area contributed by atoms with Crippen LogP contribution in [0.1, 0.15) is 71.1 Å². The number of carbonyl (C=O) groups is 1. The summed E-state index contributed by atoms with van der Waals surface area (Å²) in [5.74, 6) is -0.671. The Hall–Kier alpha value is -0.790. The number of aliphatic carboxylic acids is 1. The van der Waals surface area contributed by atoms with Crippen LogP contribution in [0.25, 0.3) is 0 Å². The van der Waals surface area contributed by atoms with Gasteiger partial charge in [0.15, 0.2) is 0 Å². The van der Waals surface area contributed by atoms with E-state index in [1.54, 1.807) is 0 Å². The summed E-state index contributed by atoms with van der Waals surface area (Å²) in [7, 11) is 0. The predicted molar refractivity (Wildman–Crippen MR) is 68.6 cm³/mol. The summed E-state index contributed by atoms with van der Waals surface area (Å²) in [6, 6.07) is 0. The second-order valence-electron chi connectivity index (χ2n) is 4.31. The van der Waals surface area contributed by atoms with Gasteiger partial charge >= 0.3 is 5.97 Å². The second kappa shape index (κ2) is 12.3. The van der Waals surface area contributed by atoms with Crippen LogP contribution >= 0.6 is 0 Å². The van der Waals surface area contributed by atoms with E-state index < -0.39 is 5.97 Å². The lowest BCUT2D eigenvalue weighted by molar-refractivity contribution is -0.137. The molecule has 2 heteroatoms. The van der Waals surface area contributed by atoms with E-state index in [2.05, 4.69) is 19.1 Å². The maximum atomic E-state index is 10.2. The van der Waals surface area contributed by atoms with E-state index in [-0.39, 0.29) is 0 Å². The fraction of sp³-hybridized carbons (Fsp3) is 0.786. The van der Waals surface area contributed by atoms with Gasteiger partial charge in [-0.15, -0.1) is 0 Å². The molecule has 0 atom stereocenters. The largest absolute Gasteiger partial charge is 0.481 e. The lowest BCUT2D eigenvalue weighted by Gasteiger charge is -1.97. The van der Waals surface area contributed by atoms with Gasteiger partial charge in [-0.1, -0.05) is 44.8 Å². The third kappa shape index (κ3) is 13.2. The molecule has 0 radical (unpaired) electrons. The molecule has 0 aromatic heterocycles. The van der Waals surface area contributed by atoms with Gasteiger partial charge in [-0.2, -0.15) is 0 Å². The quantitative estimate of drug-likeness (QED) is 0.414. The van der Waals surface area contributed by atoms with Gasteiger partial charge in [0.25, 0.3) is 0 Å². The molecule has 2 nitrogen and oxygen atoms in total. The minimum atomic E-state index is -0.671. The molecule has 16 heavy (non-hydrogen) atoms. The molecule has 0 amide bonds. The number of carboxylic acids is 1. The average Bonchev–Trinajstić information content (AvgIpc) is 2.25. The highest BCUT2D eigenvalue weighted by Gasteiger charge is 1.95. The van der Waals surface area contributed by atoms with Crippen molar-refractivity contribution in [3.05, 3.63) is 12.2 Å². The maximum Gasteiger partial charge on any atom is 0.303 e. The third-order valence-corrected chi connectivity index (χ3v) is 2.65. The molecule has 0 bridgehead atoms. The highest BCUT2D eigenvalue weighted by atomic mass is 16.4. The van der Waals surface area contributed by atoms with Gasteiger partial charge in [0.05, 0.1) is 0 Å². The Kier molecular flexibility index (Phi) is 11.7. The Labute approximate surface area is 99.7 Å². The van der Waals surface area contributed by atoms with Gasteiger partial charge < -0.3 is 5.11 Å². The molecule has 0 saturated carbocycles. The number of allylic oxidation sites excluding steroid dienone is 2. The molecule has 0 saturated heterocycles. The number of unbranched alkanes of at least 4 members (excludes halogenated alkanes) is 7. The van der Waals surface area contributed by atoms with E-state index in [9.17, 15) is 4.79 Å². The summed E-state index contributed by atoms with van der Waals surface area (Å²) < 4.78 is 0. The van der Waals surface area contributed by atoms with E-state index in [1.807, 2.05) is 0 Å². The van der Waals surface area contributed by atoms with Gasteiger partial charge in [0.2, 0.25) is 0 Å². The smallest absolute Gasteiger partial charge is 0.303 e. The zero-order chi connectivity index (χ0) is 12.1. The number of carboxylic acid groups (broad SMARTS) is 1. The average molecular weight is 226 g/mol. The number of rotatable bonds is 11. The van der Waals surface area contributed by atoms with Crippen molar-refractivity contribution in [2.75, 3.05) is 0 Å². The van der Waals surface area contributed by atoms with E-state index in [0.29, 0.717) is 6.42 Å². The molecule has 0 aromatic carbocycles. The lowest BCUT2D eigenvalue weighted by Crippen LogP contribution is -1.93. The van der Waals surface area contributed by atoms with Gasteiger partial charge in [0.1, 0.15) is 0 Å². The summed E-state index contributed by atoms with van der Waals surface area (Å²) in [4.78, 5) is 10.2. The van der Waals surface area contributed by atoms with Crippen LogP contribution in [0.15, 0.2) is 12.2 Å². The van der Waals surface area contributed by atoms with Crippen LogP contribution in [0.4, 0.5) is 0 Å². The Morgan fingerprint density at radius 3 is 2.06 bits per heavy atom. The SMILES string of the molecule is CCCCC/C=C\CCCCCCC(=O)O. The standard InChI is InChI=1S/C14H26O2/c1-2-3-4-5-6-7-8-9-10-11-12-13-14(15)16/h6-7H,2-5,8-13H2,1H3,(H,15,16)/b7-6-. The predicted octanol–water partition coefficient (Wildman–Crippen LogP) is 4.55. The van der Waals surface area contributed by atoms with Gasteiger partial charge in [0, 0.05) is 6.42 Å². The van der Waals surface area contributed by atoms with E-state index in [4.69, 9.17) is 5.11 Å². The molecule has 1 N–H and O–H groups in total. The fourth-order valence-corrected chi connectivity index (χ4v) is 1.64. The molecule has 0 aliphatic rings. The summed E-state index contributed by atoms with van der Waals surface area (Å²) in [5, 5.41) is 8.45. The normalized spacial score (nSPS) is 11.1. The van der Waals surface area contributed by atoms with Crippen molar-refractivity contribution in [2.24, 2.45) is 0 Å². The van der Waals surface area contributed by atoms with Crippen molar-refractivity contribution in [3.63, 3.8) is 0 Å². The highest BCUT2D eigenvalue weighted by molar-refractivity contribution is 5.66. The molecular weight excluding hydrogens is 200 g/mol. The summed E-state index contributed by atoms with van der Waals surface area (Å²) in [6.07, 6.45) is 15.4. The monoisotopic (exact) mass is 226 g/mol. The molecule has 0 spiro atoms. The van der Waals surface area contributed by atoms with Gasteiger partial charge in [-0.25, -0.2) is 0 Å². The second-order valence-corrected chi connectivity index (χ2v) is 4.31. The lowest BCUT2D eigenvalue weighted by atomic mass is 10.1. The molecule has 0 aliphatic carbocycles. The fourth-order valence-electron chi connectivity index (χ4n) is 1.64. The first-order valence-corrected chi connectivity index (χ1v) is 6.64. The Bertz CT molecular complexity index is 185. The van der Waals surface area contributed by atoms with Gasteiger partial charge in [-0.05, 0) is 32.1 Å². The van der Waals surface area contributed by atoms with Crippen molar-refractivity contribution in [1.82, 2.24) is 0 Å². The molecule has 0 fully saturated rings. The third-order valence-electron chi connectivity index (χ3n) is 2.65. The summed E-state index contributed by atoms with van der Waals surface area (Å²) in [5.41, 5.74) is 0. The summed E-state index contributed by atoms with van der Waals surface area (Å²) in [6.45, 7) is 2.22. The van der Waals surface area contributed by atoms with Crippen LogP contribution in [-0.4, -0.2) is 11.1 Å².